The van der Waals surface area contributed by atoms with Crippen molar-refractivity contribution in [3.05, 3.63) is 103 Å². The van der Waals surface area contributed by atoms with Crippen LogP contribution in [0.2, 0.25) is 0 Å². The monoisotopic (exact) mass is 1060 g/mol. The van der Waals surface area contributed by atoms with Crippen LogP contribution in [0.5, 0.6) is 0 Å². The van der Waals surface area contributed by atoms with Crippen molar-refractivity contribution in [1.82, 2.24) is 30.0 Å². The molecule has 4 amide bonds. The maximum atomic E-state index is 15.1. The zero-order valence-electron chi connectivity index (χ0n) is 42.4. The molecule has 0 bridgehead atoms. The predicted octanol–water partition coefficient (Wildman–Crippen LogP) is 0.126. The third kappa shape index (κ3) is 21.5. The van der Waals surface area contributed by atoms with Gasteiger partial charge in [-0.25, -0.2) is 18.4 Å². The molecule has 0 fully saturated rings. The Balaban J connectivity index is 0.925. The third-order valence-corrected chi connectivity index (χ3v) is 11.3. The number of nitrogens with one attached hydrogen (secondary N) is 3. The molecule has 4 rings (SSSR count). The van der Waals surface area contributed by atoms with Crippen molar-refractivity contribution < 1.29 is 80.9 Å². The molecule has 0 saturated heterocycles. The Morgan fingerprint density at radius 1 is 0.653 bits per heavy atom. The topological polar surface area (TPSA) is 283 Å². The number of carbonyl (C=O) groups excluding carboxylic acids is 4. The van der Waals surface area contributed by atoms with Gasteiger partial charge in [0.15, 0.2) is 0 Å². The zero-order valence-corrected chi connectivity index (χ0v) is 42.4. The number of hydrogen-bond donors (Lipinski definition) is 5. The van der Waals surface area contributed by atoms with Crippen LogP contribution in [0.1, 0.15) is 40.0 Å². The molecule has 0 spiro atoms. The fraction of sp³-hybridized carbons (Fsp3) is 0.540. The van der Waals surface area contributed by atoms with Crippen LogP contribution in [-0.2, 0) is 84.1 Å². The zero-order chi connectivity index (χ0) is 54.5. The second kappa shape index (κ2) is 33.6. The van der Waals surface area contributed by atoms with Gasteiger partial charge in [-0.1, -0.05) is 24.3 Å². The number of carboxylic acid groups (broad SMARTS) is 1. The molecule has 25 heteroatoms. The SMILES string of the molecule is Cc1c(-c2ccc(C[C@H](NC(=O)c3c(F)cc(CNC(=O)CCOCCOCCOCCOCCOCCOCCOCCOCCNC(=O)CCN4C(=O)C=CC4O)cc3F)C(=O)O)cc2)c(=O)n(C)c(=O)n1C. The molecule has 1 aliphatic rings. The second-order valence-corrected chi connectivity index (χ2v) is 16.7. The maximum absolute atomic E-state index is 15.1. The Hall–Kier alpha value is -6.29. The first-order valence-electron chi connectivity index (χ1n) is 24.3. The van der Waals surface area contributed by atoms with Crippen LogP contribution in [0.15, 0.2) is 58.1 Å². The molecule has 1 unspecified atom stereocenters. The molecule has 1 aromatic heterocycles. The molecule has 414 valence electrons. The van der Waals surface area contributed by atoms with Gasteiger partial charge in [-0.05, 0) is 41.8 Å². The van der Waals surface area contributed by atoms with Gasteiger partial charge in [-0.2, -0.15) is 0 Å². The van der Waals surface area contributed by atoms with Crippen LogP contribution in [0, 0.1) is 18.6 Å². The van der Waals surface area contributed by atoms with Crippen LogP contribution >= 0.6 is 0 Å². The Bertz CT molecular complexity index is 2450. The summed E-state index contributed by atoms with van der Waals surface area (Å²) in [7, 11) is 2.89. The minimum Gasteiger partial charge on any atom is -0.480 e. The molecule has 0 saturated carbocycles. The number of halogens is 2. The number of amides is 4. The molecule has 3 aromatic rings. The van der Waals surface area contributed by atoms with E-state index in [1.54, 1.807) is 31.2 Å². The van der Waals surface area contributed by atoms with Gasteiger partial charge in [0.1, 0.15) is 29.5 Å². The number of aliphatic carboxylic acids is 1. The number of nitrogens with zero attached hydrogens (tertiary/aromatic N) is 3. The van der Waals surface area contributed by atoms with Gasteiger partial charge in [0, 0.05) is 64.8 Å². The summed E-state index contributed by atoms with van der Waals surface area (Å²) in [5, 5.41) is 26.8. The third-order valence-electron chi connectivity index (χ3n) is 11.3. The first kappa shape index (κ1) is 61.3. The van der Waals surface area contributed by atoms with Gasteiger partial charge in [0.25, 0.3) is 11.5 Å². The number of aliphatic hydroxyl groups excluding tert-OH is 1. The number of carbonyl (C=O) groups is 5. The van der Waals surface area contributed by atoms with E-state index in [-0.39, 0.29) is 75.1 Å². The smallest absolute Gasteiger partial charge is 0.330 e. The van der Waals surface area contributed by atoms with Crippen LogP contribution in [0.4, 0.5) is 8.78 Å². The van der Waals surface area contributed by atoms with Crippen molar-refractivity contribution in [2.24, 2.45) is 14.1 Å². The molecule has 1 aliphatic heterocycles. The van der Waals surface area contributed by atoms with E-state index in [9.17, 15) is 43.8 Å². The van der Waals surface area contributed by atoms with Crippen LogP contribution in [0.25, 0.3) is 11.1 Å². The number of ether oxygens (including phenoxy) is 8. The highest BCUT2D eigenvalue weighted by Gasteiger charge is 2.27. The van der Waals surface area contributed by atoms with E-state index in [0.717, 1.165) is 16.7 Å². The molecule has 75 heavy (non-hydrogen) atoms. The summed E-state index contributed by atoms with van der Waals surface area (Å²) in [6, 6.07) is 6.40. The fourth-order valence-electron chi connectivity index (χ4n) is 7.11. The average Bonchev–Trinajstić information content (AvgIpc) is 3.71. The molecule has 2 atom stereocenters. The highest BCUT2D eigenvalue weighted by Crippen LogP contribution is 2.21. The Kier molecular flexibility index (Phi) is 27.4. The Labute approximate surface area is 431 Å². The summed E-state index contributed by atoms with van der Waals surface area (Å²) >= 11 is 0. The van der Waals surface area contributed by atoms with Crippen molar-refractivity contribution >= 4 is 29.6 Å². The lowest BCUT2D eigenvalue weighted by molar-refractivity contribution is -0.139. The van der Waals surface area contributed by atoms with Gasteiger partial charge >= 0.3 is 11.7 Å². The van der Waals surface area contributed by atoms with Gasteiger partial charge in [-0.3, -0.25) is 28.5 Å². The summed E-state index contributed by atoms with van der Waals surface area (Å²) in [5.41, 5.74) is -0.333. The van der Waals surface area contributed by atoms with Crippen molar-refractivity contribution in [2.45, 2.75) is 45.0 Å². The van der Waals surface area contributed by atoms with Crippen molar-refractivity contribution in [3.63, 3.8) is 0 Å². The quantitative estimate of drug-likeness (QED) is 0.0477. The summed E-state index contributed by atoms with van der Waals surface area (Å²) in [4.78, 5) is 87.0. The van der Waals surface area contributed by atoms with Gasteiger partial charge in [0.05, 0.1) is 111 Å². The number of hydrogen-bond acceptors (Lipinski definition) is 16. The minimum atomic E-state index is -1.57. The normalized spacial score (nSPS) is 13.6. The number of aromatic nitrogens is 2. The largest absolute Gasteiger partial charge is 0.480 e. The Morgan fingerprint density at radius 3 is 1.61 bits per heavy atom. The molecule has 23 nitrogen and oxygen atoms in total. The highest BCUT2D eigenvalue weighted by molar-refractivity contribution is 5.97. The molecule has 2 heterocycles. The van der Waals surface area contributed by atoms with E-state index in [1.807, 2.05) is 0 Å². The molecule has 0 aliphatic carbocycles. The highest BCUT2D eigenvalue weighted by atomic mass is 19.1. The van der Waals surface area contributed by atoms with Gasteiger partial charge < -0.3 is 73.5 Å². The van der Waals surface area contributed by atoms with Gasteiger partial charge in [-0.15, -0.1) is 0 Å². The number of carboxylic acids is 1. The molecular formula is C50H68F2N6O17. The van der Waals surface area contributed by atoms with E-state index >= 15 is 8.78 Å². The second-order valence-electron chi connectivity index (χ2n) is 16.7. The first-order valence-corrected chi connectivity index (χ1v) is 24.3. The number of rotatable bonds is 38. The summed E-state index contributed by atoms with van der Waals surface area (Å²) in [6.07, 6.45) is 1.45. The number of aliphatic hydroxyl groups is 1. The van der Waals surface area contributed by atoms with Crippen molar-refractivity contribution in [3.8, 4) is 11.1 Å². The summed E-state index contributed by atoms with van der Waals surface area (Å²) in [6.45, 7) is 7.18. The molecule has 5 N–H and O–H groups in total. The van der Waals surface area contributed by atoms with Gasteiger partial charge in [0.2, 0.25) is 17.7 Å². The van der Waals surface area contributed by atoms with Crippen molar-refractivity contribution in [2.75, 3.05) is 119 Å². The van der Waals surface area contributed by atoms with E-state index in [0.29, 0.717) is 109 Å². The number of benzene rings is 2. The standard InChI is InChI=1S/C50H68F2N6O17/c1-34-45(48(64)57(3)50(67)56(34)2)37-6-4-35(5-7-37)32-40(49(65)66)55-47(63)46-38(51)30-36(31-39(46)52)33-54-42(60)11-14-68-16-18-70-20-22-72-24-26-74-28-29-75-27-25-73-23-21-71-19-17-69-15-12-53-41(59)10-13-58-43(61)8-9-44(58)62/h4-9,30-31,40,43,61H,10-29,32-33H2,1-3H3,(H,53,59)(H,54,60)(H,55,63)(H,65,66)/t40-,43?/m0/s1. The fourth-order valence-corrected chi connectivity index (χ4v) is 7.11. The average molecular weight is 1060 g/mol. The van der Waals surface area contributed by atoms with E-state index < -0.39 is 58.5 Å². The molecule has 0 radical (unpaired) electrons. The lowest BCUT2D eigenvalue weighted by atomic mass is 10.00. The lowest BCUT2D eigenvalue weighted by Gasteiger charge is -2.19. The van der Waals surface area contributed by atoms with E-state index in [2.05, 4.69) is 16.0 Å². The molecule has 2 aromatic carbocycles. The maximum Gasteiger partial charge on any atom is 0.330 e. The minimum absolute atomic E-state index is 0.0240. The predicted molar refractivity (Wildman–Crippen MR) is 264 cm³/mol. The summed E-state index contributed by atoms with van der Waals surface area (Å²) in [5.74, 6) is -6.27. The summed E-state index contributed by atoms with van der Waals surface area (Å²) < 4.78 is 76.0. The van der Waals surface area contributed by atoms with Crippen molar-refractivity contribution in [1.29, 1.82) is 0 Å². The first-order chi connectivity index (χ1) is 36.1. The van der Waals surface area contributed by atoms with Crippen LogP contribution < -0.4 is 27.2 Å². The Morgan fingerprint density at radius 2 is 1.13 bits per heavy atom. The van der Waals surface area contributed by atoms with Crippen LogP contribution in [0.3, 0.4) is 0 Å². The van der Waals surface area contributed by atoms with E-state index in [1.165, 1.54) is 35.7 Å². The van der Waals surface area contributed by atoms with Crippen LogP contribution in [-0.4, -0.2) is 185 Å². The lowest BCUT2D eigenvalue weighted by Crippen LogP contribution is -2.43. The van der Waals surface area contributed by atoms with E-state index in [4.69, 9.17) is 37.9 Å². The molecular weight excluding hydrogens is 995 g/mol.